The van der Waals surface area contributed by atoms with Crippen molar-refractivity contribution in [3.05, 3.63) is 29.8 Å². The summed E-state index contributed by atoms with van der Waals surface area (Å²) in [5.41, 5.74) is 1.25. The van der Waals surface area contributed by atoms with Crippen molar-refractivity contribution in [1.29, 1.82) is 0 Å². The summed E-state index contributed by atoms with van der Waals surface area (Å²) in [4.78, 5) is 12.5. The van der Waals surface area contributed by atoms with Crippen LogP contribution in [0.25, 0.3) is 0 Å². The Kier molecular flexibility index (Phi) is 8.33. The molecule has 0 N–H and O–H groups in total. The van der Waals surface area contributed by atoms with E-state index in [4.69, 9.17) is 4.74 Å². The lowest BCUT2D eigenvalue weighted by atomic mass is 9.80. The summed E-state index contributed by atoms with van der Waals surface area (Å²) in [5.74, 6) is 2.17. The average molecular weight is 423 g/mol. The summed E-state index contributed by atoms with van der Waals surface area (Å²) in [6, 6.07) is 8.14. The van der Waals surface area contributed by atoms with Crippen molar-refractivity contribution in [3.8, 4) is 5.75 Å². The summed E-state index contributed by atoms with van der Waals surface area (Å²) in [5, 5.41) is 0. The van der Waals surface area contributed by atoms with Gasteiger partial charge in [0.1, 0.15) is 11.5 Å². The van der Waals surface area contributed by atoms with Crippen LogP contribution in [-0.2, 0) is 14.6 Å². The molecule has 1 saturated carbocycles. The second-order valence-electron chi connectivity index (χ2n) is 9.76. The number of hydrogen-bond acceptors (Lipinski definition) is 4. The number of ketones is 1. The van der Waals surface area contributed by atoms with E-state index in [1.54, 1.807) is 20.8 Å². The highest BCUT2D eigenvalue weighted by molar-refractivity contribution is 7.92. The topological polar surface area (TPSA) is 60.4 Å². The zero-order valence-electron chi connectivity index (χ0n) is 18.7. The lowest BCUT2D eigenvalue weighted by Gasteiger charge is -2.30. The Morgan fingerprint density at radius 2 is 1.79 bits per heavy atom. The van der Waals surface area contributed by atoms with Crippen LogP contribution >= 0.6 is 0 Å². The average Bonchev–Trinajstić information content (AvgIpc) is 2.64. The first-order valence-electron chi connectivity index (χ1n) is 11.0. The molecule has 1 aromatic carbocycles. The maximum absolute atomic E-state index is 12.5. The third-order valence-electron chi connectivity index (χ3n) is 6.05. The van der Waals surface area contributed by atoms with Gasteiger partial charge in [-0.25, -0.2) is 8.42 Å². The summed E-state index contributed by atoms with van der Waals surface area (Å²) >= 11 is 0. The highest BCUT2D eigenvalue weighted by Gasteiger charge is 2.34. The Hall–Kier alpha value is -1.36. The zero-order valence-corrected chi connectivity index (χ0v) is 19.6. The van der Waals surface area contributed by atoms with Crippen LogP contribution in [0.15, 0.2) is 24.3 Å². The molecule has 1 aromatic rings. The molecule has 0 spiro atoms. The van der Waals surface area contributed by atoms with E-state index in [0.29, 0.717) is 24.7 Å². The molecule has 4 nitrogen and oxygen atoms in total. The molecule has 0 aliphatic heterocycles. The molecular weight excluding hydrogens is 384 g/mol. The smallest absolute Gasteiger partial charge is 0.155 e. The van der Waals surface area contributed by atoms with Gasteiger partial charge in [-0.2, -0.15) is 0 Å². The van der Waals surface area contributed by atoms with Crippen LogP contribution in [0.1, 0.15) is 84.6 Å². The molecule has 0 heterocycles. The third-order valence-corrected chi connectivity index (χ3v) is 8.83. The van der Waals surface area contributed by atoms with Gasteiger partial charge in [-0.05, 0) is 82.4 Å². The largest absolute Gasteiger partial charge is 0.494 e. The number of benzene rings is 1. The van der Waals surface area contributed by atoms with Crippen LogP contribution in [0.3, 0.4) is 0 Å². The first-order valence-corrected chi connectivity index (χ1v) is 12.6. The van der Waals surface area contributed by atoms with Crippen LogP contribution in [0.5, 0.6) is 5.75 Å². The van der Waals surface area contributed by atoms with Crippen LogP contribution < -0.4 is 4.74 Å². The maximum atomic E-state index is 12.5. The standard InChI is InChI=1S/C24H38O4S/c1-18(2)21-8-6-9-22(16-21)28-15-7-10-23(25)20-13-11-19(12-14-20)17-29(26,27)24(3,4)5/h6,8-9,16,18-20H,7,10-15,17H2,1-5H3. The van der Waals surface area contributed by atoms with Gasteiger partial charge in [0.25, 0.3) is 0 Å². The van der Waals surface area contributed by atoms with Crippen LogP contribution in [0, 0.1) is 11.8 Å². The quantitative estimate of drug-likeness (QED) is 0.489. The number of sulfone groups is 1. The van der Waals surface area contributed by atoms with Gasteiger partial charge in [0.15, 0.2) is 9.84 Å². The van der Waals surface area contributed by atoms with Crippen molar-refractivity contribution >= 4 is 15.6 Å². The summed E-state index contributed by atoms with van der Waals surface area (Å²) < 4.78 is 29.9. The fourth-order valence-corrected chi connectivity index (χ4v) is 5.27. The summed E-state index contributed by atoms with van der Waals surface area (Å²) in [6.07, 6.45) is 4.58. The number of hydrogen-bond donors (Lipinski definition) is 0. The van der Waals surface area contributed by atoms with Gasteiger partial charge in [-0.15, -0.1) is 0 Å². The second kappa shape index (κ2) is 10.1. The summed E-state index contributed by atoms with van der Waals surface area (Å²) in [6.45, 7) is 10.2. The first-order chi connectivity index (χ1) is 13.5. The van der Waals surface area contributed by atoms with Crippen molar-refractivity contribution in [1.82, 2.24) is 0 Å². The number of carbonyl (C=O) groups is 1. The molecule has 1 aliphatic rings. The number of ether oxygens (including phenoxy) is 1. The molecule has 164 valence electrons. The van der Waals surface area contributed by atoms with Gasteiger partial charge < -0.3 is 4.74 Å². The Morgan fingerprint density at radius 3 is 2.38 bits per heavy atom. The fourth-order valence-electron chi connectivity index (χ4n) is 3.82. The van der Waals surface area contributed by atoms with Crippen molar-refractivity contribution in [3.63, 3.8) is 0 Å². The normalized spacial score (nSPS) is 20.6. The van der Waals surface area contributed by atoms with Gasteiger partial charge in [0.05, 0.1) is 17.1 Å². The van der Waals surface area contributed by atoms with E-state index in [-0.39, 0.29) is 17.6 Å². The molecule has 0 bridgehead atoms. The highest BCUT2D eigenvalue weighted by atomic mass is 32.2. The van der Waals surface area contributed by atoms with E-state index in [1.807, 2.05) is 12.1 Å². The molecule has 1 fully saturated rings. The van der Waals surface area contributed by atoms with Gasteiger partial charge in [-0.3, -0.25) is 4.79 Å². The lowest BCUT2D eigenvalue weighted by molar-refractivity contribution is -0.124. The van der Waals surface area contributed by atoms with E-state index >= 15 is 0 Å². The Bertz CT molecular complexity index is 766. The molecule has 1 aliphatic carbocycles. The van der Waals surface area contributed by atoms with E-state index in [2.05, 4.69) is 26.0 Å². The van der Waals surface area contributed by atoms with Crippen molar-refractivity contribution < 1.29 is 17.9 Å². The minimum atomic E-state index is -3.09. The first kappa shape index (κ1) is 23.9. The van der Waals surface area contributed by atoms with Crippen molar-refractivity contribution in [2.24, 2.45) is 11.8 Å². The monoisotopic (exact) mass is 422 g/mol. The minimum absolute atomic E-state index is 0.0906. The SMILES string of the molecule is CC(C)c1cccc(OCCCC(=O)C2CCC(CS(=O)(=O)C(C)(C)C)CC2)c1. The van der Waals surface area contributed by atoms with E-state index in [9.17, 15) is 13.2 Å². The molecule has 0 saturated heterocycles. The lowest BCUT2D eigenvalue weighted by Crippen LogP contribution is -2.35. The van der Waals surface area contributed by atoms with Crippen molar-refractivity contribution in [2.45, 2.75) is 83.8 Å². The zero-order chi connectivity index (χ0) is 21.7. The number of carbonyl (C=O) groups excluding carboxylic acids is 1. The van der Waals surface area contributed by atoms with Crippen molar-refractivity contribution in [2.75, 3.05) is 12.4 Å². The Morgan fingerprint density at radius 1 is 1.14 bits per heavy atom. The molecule has 5 heteroatoms. The molecular formula is C24H38O4S. The molecule has 0 radical (unpaired) electrons. The molecule has 29 heavy (non-hydrogen) atoms. The van der Waals surface area contributed by atoms with E-state index in [0.717, 1.165) is 37.9 Å². The molecule has 0 aromatic heterocycles. The maximum Gasteiger partial charge on any atom is 0.155 e. The van der Waals surface area contributed by atoms with Crippen LogP contribution in [0.2, 0.25) is 0 Å². The van der Waals surface area contributed by atoms with Crippen LogP contribution in [-0.4, -0.2) is 31.3 Å². The minimum Gasteiger partial charge on any atom is -0.494 e. The Labute approximate surface area is 177 Å². The van der Waals surface area contributed by atoms with E-state index in [1.165, 1.54) is 5.56 Å². The molecule has 2 rings (SSSR count). The van der Waals surface area contributed by atoms with Gasteiger partial charge >= 0.3 is 0 Å². The van der Waals surface area contributed by atoms with Crippen LogP contribution in [0.4, 0.5) is 0 Å². The molecule has 0 amide bonds. The second-order valence-corrected chi connectivity index (χ2v) is 12.5. The predicted molar refractivity (Wildman–Crippen MR) is 119 cm³/mol. The molecule has 0 atom stereocenters. The Balaban J connectivity index is 1.70. The number of Topliss-reactive ketones (excluding diaryl/α,β-unsaturated/α-hetero) is 1. The summed E-state index contributed by atoms with van der Waals surface area (Å²) in [7, 11) is -3.09. The molecule has 0 unspecified atom stereocenters. The van der Waals surface area contributed by atoms with Gasteiger partial charge in [0, 0.05) is 12.3 Å². The van der Waals surface area contributed by atoms with E-state index < -0.39 is 14.6 Å². The fraction of sp³-hybridized carbons (Fsp3) is 0.708. The predicted octanol–water partition coefficient (Wildman–Crippen LogP) is 5.56. The third kappa shape index (κ3) is 7.13. The van der Waals surface area contributed by atoms with Gasteiger partial charge in [0.2, 0.25) is 0 Å². The number of rotatable bonds is 9. The highest BCUT2D eigenvalue weighted by Crippen LogP contribution is 2.33. The van der Waals surface area contributed by atoms with Gasteiger partial charge in [-0.1, -0.05) is 26.0 Å².